The molecule has 0 aliphatic rings. The number of benzene rings is 1. The van der Waals surface area contributed by atoms with Crippen LogP contribution in [-0.2, 0) is 6.54 Å². The van der Waals surface area contributed by atoms with Gasteiger partial charge in [0.2, 0.25) is 0 Å². The van der Waals surface area contributed by atoms with Crippen LogP contribution in [0.5, 0.6) is 5.75 Å². The van der Waals surface area contributed by atoms with Gasteiger partial charge in [0, 0.05) is 18.8 Å². The van der Waals surface area contributed by atoms with Crippen LogP contribution in [0, 0.1) is 13.8 Å². The largest absolute Gasteiger partial charge is 0.507 e. The maximum atomic E-state index is 9.75. The summed E-state index contributed by atoms with van der Waals surface area (Å²) >= 11 is 0. The van der Waals surface area contributed by atoms with Crippen molar-refractivity contribution in [2.24, 2.45) is 0 Å². The molecule has 4 heteroatoms. The molecule has 4 nitrogen and oxygen atoms in total. The number of phenolic OH excluding ortho intramolecular Hbond substituents is 1. The van der Waals surface area contributed by atoms with Gasteiger partial charge >= 0.3 is 0 Å². The van der Waals surface area contributed by atoms with Crippen LogP contribution in [0.3, 0.4) is 0 Å². The number of nitrogens with one attached hydrogen (secondary N) is 1. The number of hydrogen-bond acceptors (Lipinski definition) is 3. The highest BCUT2D eigenvalue weighted by molar-refractivity contribution is 5.44. The fraction of sp³-hybridized carbons (Fsp3) is 0.400. The Hall–Kier alpha value is -1.97. The molecule has 2 N–H and O–H groups in total. The second kappa shape index (κ2) is 5.34. The number of aromatic nitrogens is 2. The average Bonchev–Trinajstić information content (AvgIpc) is 2.82. The fourth-order valence-corrected chi connectivity index (χ4v) is 2.06. The lowest BCUT2D eigenvalue weighted by atomic mass is 10.1. The summed E-state index contributed by atoms with van der Waals surface area (Å²) in [6.45, 7) is 8.77. The minimum Gasteiger partial charge on any atom is -0.507 e. The summed E-state index contributed by atoms with van der Waals surface area (Å²) in [6, 6.07) is 4.37. The smallest absolute Gasteiger partial charge is 0.121 e. The summed E-state index contributed by atoms with van der Waals surface area (Å²) in [5, 5.41) is 17.4. The summed E-state index contributed by atoms with van der Waals surface area (Å²) in [6.07, 6.45) is 3.84. The van der Waals surface area contributed by atoms with E-state index in [0.717, 1.165) is 28.9 Å². The van der Waals surface area contributed by atoms with Gasteiger partial charge in [0.15, 0.2) is 0 Å². The number of nitrogens with zero attached hydrogens (tertiary/aromatic N) is 2. The zero-order valence-corrected chi connectivity index (χ0v) is 11.9. The second-order valence-corrected chi connectivity index (χ2v) is 5.23. The molecule has 2 aromatic rings. The molecule has 0 fully saturated rings. The van der Waals surface area contributed by atoms with Gasteiger partial charge in [0.25, 0.3) is 0 Å². The number of phenols is 1. The topological polar surface area (TPSA) is 50.1 Å². The minimum atomic E-state index is 0.369. The molecule has 0 spiro atoms. The quantitative estimate of drug-likeness (QED) is 0.884. The number of rotatable bonds is 4. The Morgan fingerprint density at radius 1 is 1.26 bits per heavy atom. The first-order valence-corrected chi connectivity index (χ1v) is 6.54. The number of aryl methyl sites for hydroxylation is 2. The summed E-state index contributed by atoms with van der Waals surface area (Å²) in [4.78, 5) is 0. The molecule has 0 aliphatic heterocycles. The van der Waals surface area contributed by atoms with Crippen LogP contribution >= 0.6 is 0 Å². The van der Waals surface area contributed by atoms with Crippen molar-refractivity contribution in [2.75, 3.05) is 5.32 Å². The molecule has 0 radical (unpaired) electrons. The predicted octanol–water partition coefficient (Wildman–Crippen LogP) is 3.40. The van der Waals surface area contributed by atoms with E-state index in [-0.39, 0.29) is 0 Å². The third-order valence-electron chi connectivity index (χ3n) is 3.18. The average molecular weight is 259 g/mol. The van der Waals surface area contributed by atoms with E-state index in [9.17, 15) is 5.11 Å². The van der Waals surface area contributed by atoms with Crippen LogP contribution in [0.4, 0.5) is 5.69 Å². The van der Waals surface area contributed by atoms with Gasteiger partial charge in [-0.05, 0) is 44.4 Å². The SMILES string of the molecule is Cc1cc(CNc2cnn(C(C)C)c2)cc(C)c1O. The Morgan fingerprint density at radius 2 is 1.89 bits per heavy atom. The number of hydrogen-bond donors (Lipinski definition) is 2. The highest BCUT2D eigenvalue weighted by Crippen LogP contribution is 2.23. The van der Waals surface area contributed by atoms with Crippen LogP contribution in [-0.4, -0.2) is 14.9 Å². The maximum Gasteiger partial charge on any atom is 0.121 e. The Balaban J connectivity index is 2.06. The maximum absolute atomic E-state index is 9.75. The van der Waals surface area contributed by atoms with Crippen LogP contribution in [0.2, 0.25) is 0 Å². The van der Waals surface area contributed by atoms with Crippen molar-refractivity contribution in [2.45, 2.75) is 40.3 Å². The standard InChI is InChI=1S/C15H21N3O/c1-10(2)18-9-14(8-17-18)16-7-13-5-11(3)15(19)12(4)6-13/h5-6,8-10,16,19H,7H2,1-4H3. The van der Waals surface area contributed by atoms with Crippen molar-refractivity contribution < 1.29 is 5.11 Å². The van der Waals surface area contributed by atoms with Crippen molar-refractivity contribution in [1.29, 1.82) is 0 Å². The molecule has 0 saturated heterocycles. The van der Waals surface area contributed by atoms with Crippen LogP contribution in [0.1, 0.15) is 36.6 Å². The molecule has 0 saturated carbocycles. The van der Waals surface area contributed by atoms with E-state index in [1.807, 2.05) is 43.1 Å². The van der Waals surface area contributed by atoms with E-state index < -0.39 is 0 Å². The molecule has 2 rings (SSSR count). The lowest BCUT2D eigenvalue weighted by Crippen LogP contribution is -2.01. The van der Waals surface area contributed by atoms with E-state index >= 15 is 0 Å². The van der Waals surface area contributed by atoms with Crippen molar-refractivity contribution >= 4 is 5.69 Å². The van der Waals surface area contributed by atoms with E-state index in [0.29, 0.717) is 11.8 Å². The Labute approximate surface area is 114 Å². The third-order valence-corrected chi connectivity index (χ3v) is 3.18. The zero-order valence-electron chi connectivity index (χ0n) is 11.9. The molecular formula is C15H21N3O. The van der Waals surface area contributed by atoms with Crippen molar-refractivity contribution in [1.82, 2.24) is 9.78 Å². The van der Waals surface area contributed by atoms with Gasteiger partial charge in [0.05, 0.1) is 11.9 Å². The first-order chi connectivity index (χ1) is 8.97. The molecule has 0 bridgehead atoms. The highest BCUT2D eigenvalue weighted by Gasteiger charge is 2.05. The van der Waals surface area contributed by atoms with Gasteiger partial charge in [-0.25, -0.2) is 0 Å². The Bertz CT molecular complexity index is 550. The summed E-state index contributed by atoms with van der Waals surface area (Å²) in [7, 11) is 0. The minimum absolute atomic E-state index is 0.369. The van der Waals surface area contributed by atoms with E-state index in [4.69, 9.17) is 0 Å². The lowest BCUT2D eigenvalue weighted by molar-refractivity contribution is 0.466. The van der Waals surface area contributed by atoms with Gasteiger partial charge in [0.1, 0.15) is 5.75 Å². The van der Waals surface area contributed by atoms with Gasteiger partial charge in [-0.3, -0.25) is 4.68 Å². The van der Waals surface area contributed by atoms with E-state index in [2.05, 4.69) is 24.3 Å². The second-order valence-electron chi connectivity index (χ2n) is 5.23. The van der Waals surface area contributed by atoms with E-state index in [1.165, 1.54) is 0 Å². The Kier molecular flexibility index (Phi) is 3.79. The van der Waals surface area contributed by atoms with Gasteiger partial charge < -0.3 is 10.4 Å². The summed E-state index contributed by atoms with van der Waals surface area (Å²) in [5.41, 5.74) is 3.99. The molecule has 1 aromatic heterocycles. The van der Waals surface area contributed by atoms with E-state index in [1.54, 1.807) is 0 Å². The van der Waals surface area contributed by atoms with Crippen LogP contribution < -0.4 is 5.32 Å². The summed E-state index contributed by atoms with van der Waals surface area (Å²) in [5.74, 6) is 0.386. The fourth-order valence-electron chi connectivity index (χ4n) is 2.06. The molecule has 0 unspecified atom stereocenters. The van der Waals surface area contributed by atoms with Crippen LogP contribution in [0.15, 0.2) is 24.5 Å². The van der Waals surface area contributed by atoms with Crippen molar-refractivity contribution in [3.8, 4) is 5.75 Å². The monoisotopic (exact) mass is 259 g/mol. The molecule has 0 atom stereocenters. The molecule has 0 amide bonds. The van der Waals surface area contributed by atoms with Crippen molar-refractivity contribution in [3.05, 3.63) is 41.2 Å². The van der Waals surface area contributed by atoms with Gasteiger partial charge in [-0.1, -0.05) is 12.1 Å². The number of anilines is 1. The first kappa shape index (κ1) is 13.5. The number of aromatic hydroxyl groups is 1. The van der Waals surface area contributed by atoms with Gasteiger partial charge in [-0.2, -0.15) is 5.10 Å². The molecule has 19 heavy (non-hydrogen) atoms. The molecular weight excluding hydrogens is 238 g/mol. The zero-order chi connectivity index (χ0) is 14.0. The Morgan fingerprint density at radius 3 is 2.42 bits per heavy atom. The lowest BCUT2D eigenvalue weighted by Gasteiger charge is -2.09. The normalized spacial score (nSPS) is 11.0. The van der Waals surface area contributed by atoms with Crippen LogP contribution in [0.25, 0.3) is 0 Å². The predicted molar refractivity (Wildman–Crippen MR) is 77.5 cm³/mol. The molecule has 1 aromatic carbocycles. The highest BCUT2D eigenvalue weighted by atomic mass is 16.3. The van der Waals surface area contributed by atoms with Gasteiger partial charge in [-0.15, -0.1) is 0 Å². The third kappa shape index (κ3) is 3.08. The summed E-state index contributed by atoms with van der Waals surface area (Å²) < 4.78 is 1.93. The molecule has 0 aliphatic carbocycles. The molecule has 1 heterocycles. The first-order valence-electron chi connectivity index (χ1n) is 6.54. The van der Waals surface area contributed by atoms with Crippen molar-refractivity contribution in [3.63, 3.8) is 0 Å². The molecule has 102 valence electrons.